The summed E-state index contributed by atoms with van der Waals surface area (Å²) in [7, 11) is 0. The van der Waals surface area contributed by atoms with E-state index in [0.29, 0.717) is 5.92 Å². The van der Waals surface area contributed by atoms with Crippen molar-refractivity contribution >= 4 is 11.6 Å². The van der Waals surface area contributed by atoms with Crippen LogP contribution in [0, 0.1) is 5.92 Å². The second kappa shape index (κ2) is 7.37. The summed E-state index contributed by atoms with van der Waals surface area (Å²) < 4.78 is 7.25. The molecular weight excluding hydrogens is 316 g/mol. The Balaban J connectivity index is 1.26. The standard InChI is InChI=1S/C19H24N4O2/c24-19(18-12-17(18)15-4-2-1-3-5-15)21-16-13-20-23(14-16)7-6-22-8-10-25-11-9-22/h1-5,13-14,17-18H,6-12H2,(H,21,24)/t17-,18+/m1/s1. The van der Waals surface area contributed by atoms with Crippen LogP contribution in [-0.4, -0.2) is 53.4 Å². The predicted molar refractivity (Wildman–Crippen MR) is 95.4 cm³/mol. The summed E-state index contributed by atoms with van der Waals surface area (Å²) in [6.07, 6.45) is 4.58. The van der Waals surface area contributed by atoms with Crippen LogP contribution in [0.25, 0.3) is 0 Å². The number of benzene rings is 1. The summed E-state index contributed by atoms with van der Waals surface area (Å²) in [4.78, 5) is 14.8. The first-order chi connectivity index (χ1) is 12.3. The van der Waals surface area contributed by atoms with Crippen molar-refractivity contribution in [1.82, 2.24) is 14.7 Å². The summed E-state index contributed by atoms with van der Waals surface area (Å²) in [5.74, 6) is 0.540. The molecule has 132 valence electrons. The molecule has 2 atom stereocenters. The van der Waals surface area contributed by atoms with E-state index >= 15 is 0 Å². The highest BCUT2D eigenvalue weighted by Gasteiger charge is 2.43. The average molecular weight is 340 g/mol. The number of nitrogens with one attached hydrogen (secondary N) is 1. The molecule has 25 heavy (non-hydrogen) atoms. The number of rotatable bonds is 6. The van der Waals surface area contributed by atoms with Crippen LogP contribution < -0.4 is 5.32 Å². The van der Waals surface area contributed by atoms with Gasteiger partial charge < -0.3 is 10.1 Å². The molecule has 6 nitrogen and oxygen atoms in total. The molecule has 1 saturated carbocycles. The van der Waals surface area contributed by atoms with Crippen LogP contribution in [0.4, 0.5) is 5.69 Å². The SMILES string of the molecule is O=C(Nc1cnn(CCN2CCOCC2)c1)[C@H]1C[C@@H]1c1ccccc1. The fourth-order valence-electron chi connectivity index (χ4n) is 3.41. The van der Waals surface area contributed by atoms with E-state index in [9.17, 15) is 4.79 Å². The van der Waals surface area contributed by atoms with Crippen LogP contribution in [0.2, 0.25) is 0 Å². The lowest BCUT2D eigenvalue weighted by molar-refractivity contribution is -0.117. The maximum atomic E-state index is 12.4. The Morgan fingerprint density at radius 1 is 1.20 bits per heavy atom. The van der Waals surface area contributed by atoms with E-state index in [1.807, 2.05) is 29.1 Å². The number of morpholine rings is 1. The number of nitrogens with zero attached hydrogens (tertiary/aromatic N) is 3. The van der Waals surface area contributed by atoms with E-state index in [4.69, 9.17) is 4.74 Å². The maximum Gasteiger partial charge on any atom is 0.228 e. The Kier molecular flexibility index (Phi) is 4.81. The Morgan fingerprint density at radius 2 is 2.00 bits per heavy atom. The maximum absolute atomic E-state index is 12.4. The minimum Gasteiger partial charge on any atom is -0.379 e. The van der Waals surface area contributed by atoms with Crippen molar-refractivity contribution < 1.29 is 9.53 Å². The first-order valence-electron chi connectivity index (χ1n) is 8.98. The van der Waals surface area contributed by atoms with Gasteiger partial charge in [-0.05, 0) is 17.9 Å². The first kappa shape index (κ1) is 16.3. The van der Waals surface area contributed by atoms with Gasteiger partial charge in [0, 0.05) is 31.7 Å². The van der Waals surface area contributed by atoms with Crippen molar-refractivity contribution in [3.8, 4) is 0 Å². The molecule has 0 bridgehead atoms. The number of hydrogen-bond donors (Lipinski definition) is 1. The summed E-state index contributed by atoms with van der Waals surface area (Å²) in [6.45, 7) is 5.36. The number of ether oxygens (including phenoxy) is 1. The zero-order chi connectivity index (χ0) is 17.1. The molecule has 1 aliphatic heterocycles. The summed E-state index contributed by atoms with van der Waals surface area (Å²) >= 11 is 0. The van der Waals surface area contributed by atoms with Crippen molar-refractivity contribution in [3.05, 3.63) is 48.3 Å². The molecule has 6 heteroatoms. The van der Waals surface area contributed by atoms with Gasteiger partial charge in [-0.2, -0.15) is 5.10 Å². The number of carbonyl (C=O) groups is 1. The van der Waals surface area contributed by atoms with E-state index in [-0.39, 0.29) is 11.8 Å². The van der Waals surface area contributed by atoms with Gasteiger partial charge in [-0.15, -0.1) is 0 Å². The lowest BCUT2D eigenvalue weighted by Gasteiger charge is -2.26. The average Bonchev–Trinajstić information content (AvgIpc) is 3.35. The molecule has 1 N–H and O–H groups in total. The van der Waals surface area contributed by atoms with Gasteiger partial charge in [0.25, 0.3) is 0 Å². The molecule has 2 aromatic rings. The van der Waals surface area contributed by atoms with E-state index in [2.05, 4.69) is 27.4 Å². The third kappa shape index (κ3) is 4.08. The Hall–Kier alpha value is -2.18. The smallest absolute Gasteiger partial charge is 0.228 e. The third-order valence-electron chi connectivity index (χ3n) is 5.00. The number of hydrogen-bond acceptors (Lipinski definition) is 4. The highest BCUT2D eigenvalue weighted by Crippen LogP contribution is 2.47. The fourth-order valence-corrected chi connectivity index (χ4v) is 3.41. The van der Waals surface area contributed by atoms with Crippen molar-refractivity contribution in [2.45, 2.75) is 18.9 Å². The summed E-state index contributed by atoms with van der Waals surface area (Å²) in [5, 5.41) is 7.36. The minimum atomic E-state index is 0.0825. The van der Waals surface area contributed by atoms with Crippen molar-refractivity contribution in [2.75, 3.05) is 38.2 Å². The molecule has 2 fully saturated rings. The molecule has 2 heterocycles. The third-order valence-corrected chi connectivity index (χ3v) is 5.00. The fraction of sp³-hybridized carbons (Fsp3) is 0.474. The molecule has 0 spiro atoms. The lowest BCUT2D eigenvalue weighted by atomic mass is 10.1. The van der Waals surface area contributed by atoms with Gasteiger partial charge in [-0.1, -0.05) is 30.3 Å². The number of aromatic nitrogens is 2. The second-order valence-electron chi connectivity index (χ2n) is 6.79. The molecule has 1 aliphatic carbocycles. The van der Waals surface area contributed by atoms with Crippen molar-refractivity contribution in [1.29, 1.82) is 0 Å². The number of carbonyl (C=O) groups excluding carboxylic acids is 1. The van der Waals surface area contributed by atoms with Crippen molar-refractivity contribution in [3.63, 3.8) is 0 Å². The van der Waals surface area contributed by atoms with Crippen LogP contribution >= 0.6 is 0 Å². The Morgan fingerprint density at radius 3 is 2.80 bits per heavy atom. The van der Waals surface area contributed by atoms with E-state index < -0.39 is 0 Å². The van der Waals surface area contributed by atoms with Gasteiger partial charge in [0.05, 0.1) is 31.6 Å². The summed E-state index contributed by atoms with van der Waals surface area (Å²) in [6, 6.07) is 10.3. The molecule has 1 aromatic carbocycles. The zero-order valence-corrected chi connectivity index (χ0v) is 14.3. The molecular formula is C19H24N4O2. The van der Waals surface area contributed by atoms with Crippen LogP contribution in [0.15, 0.2) is 42.7 Å². The van der Waals surface area contributed by atoms with Crippen LogP contribution in [-0.2, 0) is 16.1 Å². The van der Waals surface area contributed by atoms with Crippen LogP contribution in [0.1, 0.15) is 17.9 Å². The van der Waals surface area contributed by atoms with Crippen molar-refractivity contribution in [2.24, 2.45) is 5.92 Å². The Bertz CT molecular complexity index is 709. The van der Waals surface area contributed by atoms with E-state index in [0.717, 1.165) is 51.5 Å². The van der Waals surface area contributed by atoms with Gasteiger partial charge in [-0.25, -0.2) is 0 Å². The zero-order valence-electron chi connectivity index (χ0n) is 14.3. The van der Waals surface area contributed by atoms with Gasteiger partial charge in [0.15, 0.2) is 0 Å². The molecule has 0 unspecified atom stereocenters. The molecule has 1 amide bonds. The van der Waals surface area contributed by atoms with Gasteiger partial charge in [0.1, 0.15) is 0 Å². The van der Waals surface area contributed by atoms with Gasteiger partial charge in [-0.3, -0.25) is 14.4 Å². The quantitative estimate of drug-likeness (QED) is 0.873. The molecule has 1 saturated heterocycles. The van der Waals surface area contributed by atoms with Crippen LogP contribution in [0.3, 0.4) is 0 Å². The van der Waals surface area contributed by atoms with E-state index in [1.54, 1.807) is 6.20 Å². The molecule has 1 aromatic heterocycles. The second-order valence-corrected chi connectivity index (χ2v) is 6.79. The lowest BCUT2D eigenvalue weighted by Crippen LogP contribution is -2.38. The Labute approximate surface area is 147 Å². The monoisotopic (exact) mass is 340 g/mol. The largest absolute Gasteiger partial charge is 0.379 e. The first-order valence-corrected chi connectivity index (χ1v) is 8.98. The predicted octanol–water partition coefficient (Wildman–Crippen LogP) is 1.96. The molecule has 0 radical (unpaired) electrons. The van der Waals surface area contributed by atoms with Gasteiger partial charge >= 0.3 is 0 Å². The normalized spacial score (nSPS) is 23.4. The van der Waals surface area contributed by atoms with E-state index in [1.165, 1.54) is 5.56 Å². The summed E-state index contributed by atoms with van der Waals surface area (Å²) in [5.41, 5.74) is 2.04. The highest BCUT2D eigenvalue weighted by atomic mass is 16.5. The van der Waals surface area contributed by atoms with Crippen LogP contribution in [0.5, 0.6) is 0 Å². The highest BCUT2D eigenvalue weighted by molar-refractivity contribution is 5.95. The topological polar surface area (TPSA) is 59.4 Å². The molecule has 4 rings (SSSR count). The van der Waals surface area contributed by atoms with Gasteiger partial charge in [0.2, 0.25) is 5.91 Å². The number of anilines is 1. The minimum absolute atomic E-state index is 0.0825. The number of amides is 1. The molecule has 2 aliphatic rings.